The van der Waals surface area contributed by atoms with E-state index in [-0.39, 0.29) is 5.95 Å². The standard InChI is InChI=1S/C29H36ClN8O2P/c1-40-26-17-25(38-12-8-21(9-13-38)37-14-10-32-11-15-37)20(18-31)16-24(26)35-29-33-19-22(30)28(36-29)34-23-6-4-5-7-27(23)41(2,3)39/h4-7,16-17,19,21,32H,8-15H2,1-3H3,(H2,33,34,35,36). The molecule has 1 aromatic heterocycles. The molecule has 0 amide bonds. The van der Waals surface area contributed by atoms with Crippen LogP contribution in [0.2, 0.25) is 5.02 Å². The van der Waals surface area contributed by atoms with Crippen LogP contribution in [0.3, 0.4) is 0 Å². The van der Waals surface area contributed by atoms with Gasteiger partial charge in [-0.1, -0.05) is 23.7 Å². The van der Waals surface area contributed by atoms with Crippen LogP contribution in [0.1, 0.15) is 18.4 Å². The van der Waals surface area contributed by atoms with Gasteiger partial charge in [-0.2, -0.15) is 10.2 Å². The number of ether oxygens (including phenoxy) is 1. The van der Waals surface area contributed by atoms with Crippen LogP contribution < -0.4 is 30.9 Å². The Bertz CT molecular complexity index is 1480. The van der Waals surface area contributed by atoms with Crippen molar-refractivity contribution in [3.05, 3.63) is 53.2 Å². The number of nitrogens with zero attached hydrogens (tertiary/aromatic N) is 5. The summed E-state index contributed by atoms with van der Waals surface area (Å²) in [6.45, 7) is 9.50. The number of piperazine rings is 1. The van der Waals surface area contributed by atoms with Crippen molar-refractivity contribution in [2.75, 3.05) is 75.2 Å². The SMILES string of the molecule is COc1cc(N2CCC(N3CCNCC3)CC2)c(C#N)cc1Nc1ncc(Cl)c(Nc2ccccc2P(C)(C)=O)n1. The number of aromatic nitrogens is 2. The largest absolute Gasteiger partial charge is 0.494 e. The Hall–Kier alpha value is -3.35. The van der Waals surface area contributed by atoms with Crippen LogP contribution in [-0.4, -0.2) is 80.6 Å². The van der Waals surface area contributed by atoms with Gasteiger partial charge in [0, 0.05) is 56.7 Å². The Balaban J connectivity index is 1.35. The second kappa shape index (κ2) is 12.7. The number of piperidine rings is 1. The Morgan fingerprint density at radius 3 is 2.51 bits per heavy atom. The Labute approximate surface area is 246 Å². The van der Waals surface area contributed by atoms with E-state index in [2.05, 4.69) is 41.8 Å². The maximum Gasteiger partial charge on any atom is 0.229 e. The van der Waals surface area contributed by atoms with Gasteiger partial charge in [-0.05, 0) is 44.4 Å². The van der Waals surface area contributed by atoms with Crippen LogP contribution in [0.5, 0.6) is 5.75 Å². The number of methoxy groups -OCH3 is 1. The van der Waals surface area contributed by atoms with E-state index in [1.54, 1.807) is 26.5 Å². The molecule has 2 fully saturated rings. The first-order chi connectivity index (χ1) is 19.8. The van der Waals surface area contributed by atoms with Gasteiger partial charge in [-0.15, -0.1) is 0 Å². The van der Waals surface area contributed by atoms with Gasteiger partial charge in [0.05, 0.1) is 35.9 Å². The molecule has 3 heterocycles. The molecule has 0 bridgehead atoms. The van der Waals surface area contributed by atoms with Crippen molar-refractivity contribution in [2.45, 2.75) is 18.9 Å². The number of anilines is 5. The van der Waals surface area contributed by atoms with Crippen LogP contribution in [-0.2, 0) is 4.57 Å². The molecule has 10 nitrogen and oxygen atoms in total. The average Bonchev–Trinajstić information content (AvgIpc) is 2.99. The number of hydrogen-bond acceptors (Lipinski definition) is 10. The summed E-state index contributed by atoms with van der Waals surface area (Å²) in [4.78, 5) is 13.8. The predicted octanol–water partition coefficient (Wildman–Crippen LogP) is 4.62. The first-order valence-corrected chi connectivity index (χ1v) is 16.8. The molecule has 3 aromatic rings. The normalized spacial score (nSPS) is 16.7. The number of nitriles is 1. The number of para-hydroxylation sites is 1. The van der Waals surface area contributed by atoms with Crippen molar-refractivity contribution in [1.29, 1.82) is 5.26 Å². The van der Waals surface area contributed by atoms with Crippen LogP contribution >= 0.6 is 18.7 Å². The smallest absolute Gasteiger partial charge is 0.229 e. The summed E-state index contributed by atoms with van der Waals surface area (Å²) < 4.78 is 18.5. The van der Waals surface area contributed by atoms with E-state index in [1.807, 2.05) is 30.3 Å². The quantitative estimate of drug-likeness (QED) is 0.319. The zero-order valence-corrected chi connectivity index (χ0v) is 25.3. The number of rotatable bonds is 8. The number of hydrogen-bond donors (Lipinski definition) is 3. The first kappa shape index (κ1) is 29.2. The second-order valence-electron chi connectivity index (χ2n) is 10.7. The Morgan fingerprint density at radius 2 is 1.83 bits per heavy atom. The second-order valence-corrected chi connectivity index (χ2v) is 14.3. The molecular weight excluding hydrogens is 559 g/mol. The van der Waals surface area contributed by atoms with Gasteiger partial charge in [-0.3, -0.25) is 4.90 Å². The lowest BCUT2D eigenvalue weighted by Gasteiger charge is -2.41. The molecule has 0 unspecified atom stereocenters. The van der Waals surface area contributed by atoms with Crippen molar-refractivity contribution in [1.82, 2.24) is 20.2 Å². The molecule has 2 aliphatic rings. The van der Waals surface area contributed by atoms with Gasteiger partial charge in [0.2, 0.25) is 5.95 Å². The summed E-state index contributed by atoms with van der Waals surface area (Å²) in [5, 5.41) is 20.9. The predicted molar refractivity (Wildman–Crippen MR) is 167 cm³/mol. The molecule has 216 valence electrons. The lowest BCUT2D eigenvalue weighted by Crippen LogP contribution is -2.52. The third-order valence-electron chi connectivity index (χ3n) is 7.64. The number of benzene rings is 2. The Morgan fingerprint density at radius 1 is 1.10 bits per heavy atom. The van der Waals surface area contributed by atoms with Gasteiger partial charge in [0.1, 0.15) is 24.0 Å². The van der Waals surface area contributed by atoms with Gasteiger partial charge >= 0.3 is 0 Å². The fourth-order valence-corrected chi connectivity index (χ4v) is 6.81. The van der Waals surface area contributed by atoms with Gasteiger partial charge in [-0.25, -0.2) is 4.98 Å². The van der Waals surface area contributed by atoms with Crippen LogP contribution in [0.15, 0.2) is 42.6 Å². The summed E-state index contributed by atoms with van der Waals surface area (Å²) in [6.07, 6.45) is 3.63. The van der Waals surface area contributed by atoms with Crippen molar-refractivity contribution in [3.8, 4) is 11.8 Å². The van der Waals surface area contributed by atoms with E-state index >= 15 is 0 Å². The highest BCUT2D eigenvalue weighted by atomic mass is 35.5. The van der Waals surface area contributed by atoms with E-state index in [1.165, 1.54) is 6.20 Å². The van der Waals surface area contributed by atoms with Gasteiger partial charge in [0.15, 0.2) is 5.82 Å². The highest BCUT2D eigenvalue weighted by Gasteiger charge is 2.27. The summed E-state index contributed by atoms with van der Waals surface area (Å²) in [5.41, 5.74) is 2.66. The van der Waals surface area contributed by atoms with Crippen molar-refractivity contribution in [2.24, 2.45) is 0 Å². The first-order valence-electron chi connectivity index (χ1n) is 13.8. The molecule has 0 radical (unpaired) electrons. The van der Waals surface area contributed by atoms with Crippen molar-refractivity contribution in [3.63, 3.8) is 0 Å². The molecule has 2 saturated heterocycles. The molecule has 2 aliphatic heterocycles. The lowest BCUT2D eigenvalue weighted by molar-refractivity contribution is 0.150. The molecule has 5 rings (SSSR count). The van der Waals surface area contributed by atoms with E-state index in [0.717, 1.165) is 57.8 Å². The molecule has 2 aromatic carbocycles. The minimum atomic E-state index is -2.54. The summed E-state index contributed by atoms with van der Waals surface area (Å²) in [7, 11) is -0.938. The third-order valence-corrected chi connectivity index (χ3v) is 9.47. The zero-order valence-electron chi connectivity index (χ0n) is 23.7. The summed E-state index contributed by atoms with van der Waals surface area (Å²) in [6, 6.07) is 14.0. The maximum atomic E-state index is 12.8. The van der Waals surface area contributed by atoms with Crippen molar-refractivity contribution < 1.29 is 9.30 Å². The minimum absolute atomic E-state index is 0.275. The molecule has 41 heavy (non-hydrogen) atoms. The van der Waals surface area contributed by atoms with Crippen LogP contribution in [0.25, 0.3) is 0 Å². The van der Waals surface area contributed by atoms with E-state index in [4.69, 9.17) is 16.3 Å². The fraction of sp³-hybridized carbons (Fsp3) is 0.414. The third kappa shape index (κ3) is 6.77. The minimum Gasteiger partial charge on any atom is -0.494 e. The highest BCUT2D eigenvalue weighted by Crippen LogP contribution is 2.39. The average molecular weight is 595 g/mol. The maximum absolute atomic E-state index is 12.8. The van der Waals surface area contributed by atoms with Gasteiger partial charge < -0.3 is 30.2 Å². The molecule has 0 spiro atoms. The van der Waals surface area contributed by atoms with Gasteiger partial charge in [0.25, 0.3) is 0 Å². The summed E-state index contributed by atoms with van der Waals surface area (Å²) >= 11 is 6.42. The zero-order chi connectivity index (χ0) is 29.0. The topological polar surface area (TPSA) is 118 Å². The van der Waals surface area contributed by atoms with Crippen LogP contribution in [0.4, 0.5) is 28.8 Å². The summed E-state index contributed by atoms with van der Waals surface area (Å²) in [5.74, 6) is 1.23. The molecule has 3 N–H and O–H groups in total. The lowest BCUT2D eigenvalue weighted by atomic mass is 10.0. The number of nitrogens with one attached hydrogen (secondary N) is 3. The van der Waals surface area contributed by atoms with Crippen molar-refractivity contribution >= 4 is 52.9 Å². The monoisotopic (exact) mass is 594 g/mol. The molecule has 12 heteroatoms. The van der Waals surface area contributed by atoms with E-state index < -0.39 is 7.14 Å². The van der Waals surface area contributed by atoms with E-state index in [9.17, 15) is 9.83 Å². The molecule has 0 aliphatic carbocycles. The molecule has 0 saturated carbocycles. The Kier molecular flexibility index (Phi) is 9.00. The molecular formula is C29H36ClN8O2P. The van der Waals surface area contributed by atoms with Crippen LogP contribution in [0, 0.1) is 11.3 Å². The fourth-order valence-electron chi connectivity index (χ4n) is 5.52. The highest BCUT2D eigenvalue weighted by molar-refractivity contribution is 7.70. The van der Waals surface area contributed by atoms with E-state index in [0.29, 0.717) is 44.9 Å². The number of halogens is 1. The molecule has 0 atom stereocenters.